The third kappa shape index (κ3) is 3.30. The first-order chi connectivity index (χ1) is 11.8. The maximum Gasteiger partial charge on any atom is 0.213 e. The maximum atomic E-state index is 14.2. The van der Waals surface area contributed by atoms with Crippen LogP contribution >= 0.6 is 0 Å². The van der Waals surface area contributed by atoms with E-state index >= 15 is 0 Å². The molecule has 1 nitrogen and oxygen atoms in total. The third-order valence-electron chi connectivity index (χ3n) is 5.08. The number of rotatable bonds is 3. The highest BCUT2D eigenvalue weighted by Crippen LogP contribution is 2.29. The van der Waals surface area contributed by atoms with Crippen LogP contribution in [0.25, 0.3) is 22.0 Å². The predicted octanol–water partition coefficient (Wildman–Crippen LogP) is 5.59. The van der Waals surface area contributed by atoms with Crippen LogP contribution in [0.15, 0.2) is 36.5 Å². The summed E-state index contributed by atoms with van der Waals surface area (Å²) in [4.78, 5) is 0. The standard InChI is InChI=1S/C23H27FN/c1-14(2)9-18-7-8-19-13-25(6)22(12-20(19)11-18)21-10-15(3)23(24)17(5)16(21)4/h7-8,10-14H,9H2,1-6H3/q+1. The molecule has 2 heteroatoms. The summed E-state index contributed by atoms with van der Waals surface area (Å²) in [5.74, 6) is 0.547. The molecule has 0 aliphatic rings. The molecule has 0 fully saturated rings. The zero-order valence-corrected chi connectivity index (χ0v) is 16.1. The van der Waals surface area contributed by atoms with Gasteiger partial charge in [0.15, 0.2) is 6.20 Å². The van der Waals surface area contributed by atoms with Crippen LogP contribution in [-0.2, 0) is 13.5 Å². The highest BCUT2D eigenvalue weighted by Gasteiger charge is 2.18. The minimum atomic E-state index is -0.0936. The van der Waals surface area contributed by atoms with Crippen LogP contribution in [-0.4, -0.2) is 0 Å². The number of aryl methyl sites for hydroxylation is 2. The molecule has 0 aliphatic heterocycles. The lowest BCUT2D eigenvalue weighted by Crippen LogP contribution is -2.30. The summed E-state index contributed by atoms with van der Waals surface area (Å²) in [5, 5.41) is 2.47. The van der Waals surface area contributed by atoms with E-state index in [0.717, 1.165) is 28.8 Å². The number of fused-ring (bicyclic) bond motifs is 1. The molecule has 0 unspecified atom stereocenters. The Morgan fingerprint density at radius 1 is 0.960 bits per heavy atom. The van der Waals surface area contributed by atoms with Crippen LogP contribution in [0.5, 0.6) is 0 Å². The average molecular weight is 336 g/mol. The number of benzene rings is 2. The number of halogens is 1. The van der Waals surface area contributed by atoms with E-state index in [1.54, 1.807) is 0 Å². The van der Waals surface area contributed by atoms with Gasteiger partial charge in [0.1, 0.15) is 12.9 Å². The fraction of sp³-hybridized carbons (Fsp3) is 0.348. The van der Waals surface area contributed by atoms with Gasteiger partial charge in [0.25, 0.3) is 0 Å². The highest BCUT2D eigenvalue weighted by atomic mass is 19.1. The molecule has 0 spiro atoms. The average Bonchev–Trinajstić information content (AvgIpc) is 2.55. The molecule has 0 saturated heterocycles. The van der Waals surface area contributed by atoms with Crippen molar-refractivity contribution in [1.29, 1.82) is 0 Å². The second kappa shape index (κ2) is 6.59. The van der Waals surface area contributed by atoms with Crippen LogP contribution in [0.4, 0.5) is 4.39 Å². The summed E-state index contributed by atoms with van der Waals surface area (Å²) in [5.41, 5.74) is 6.05. The maximum absolute atomic E-state index is 14.2. The summed E-state index contributed by atoms with van der Waals surface area (Å²) in [6.07, 6.45) is 3.25. The molecule has 1 heterocycles. The molecule has 1 aromatic heterocycles. The molecule has 3 aromatic rings. The number of hydrogen-bond donors (Lipinski definition) is 0. The third-order valence-corrected chi connectivity index (χ3v) is 5.08. The van der Waals surface area contributed by atoms with E-state index in [4.69, 9.17) is 0 Å². The van der Waals surface area contributed by atoms with Crippen molar-refractivity contribution >= 4 is 10.8 Å². The zero-order valence-electron chi connectivity index (χ0n) is 16.1. The largest absolute Gasteiger partial charge is 0.213 e. The van der Waals surface area contributed by atoms with E-state index in [0.29, 0.717) is 11.5 Å². The second-order valence-corrected chi connectivity index (χ2v) is 7.64. The van der Waals surface area contributed by atoms with E-state index in [9.17, 15) is 4.39 Å². The molecule has 0 saturated carbocycles. The molecule has 0 bridgehead atoms. The Balaban J connectivity index is 2.21. The highest BCUT2D eigenvalue weighted by molar-refractivity contribution is 5.85. The van der Waals surface area contributed by atoms with Crippen LogP contribution < -0.4 is 4.57 Å². The second-order valence-electron chi connectivity index (χ2n) is 7.64. The van der Waals surface area contributed by atoms with Crippen molar-refractivity contribution in [1.82, 2.24) is 0 Å². The van der Waals surface area contributed by atoms with Gasteiger partial charge in [-0.3, -0.25) is 0 Å². The normalized spacial score (nSPS) is 11.5. The Labute approximate surface area is 150 Å². The first kappa shape index (κ1) is 17.6. The summed E-state index contributed by atoms with van der Waals surface area (Å²) >= 11 is 0. The molecule has 3 rings (SSSR count). The Morgan fingerprint density at radius 2 is 1.68 bits per heavy atom. The van der Waals surface area contributed by atoms with Gasteiger partial charge in [-0.15, -0.1) is 0 Å². The van der Waals surface area contributed by atoms with Gasteiger partial charge in [-0.05, 0) is 72.9 Å². The lowest BCUT2D eigenvalue weighted by atomic mass is 9.95. The molecule has 130 valence electrons. The lowest BCUT2D eigenvalue weighted by molar-refractivity contribution is -0.659. The molecule has 0 radical (unpaired) electrons. The van der Waals surface area contributed by atoms with Crippen LogP contribution in [0, 0.1) is 32.5 Å². The summed E-state index contributed by atoms with van der Waals surface area (Å²) in [7, 11) is 2.06. The molecule has 2 aromatic carbocycles. The van der Waals surface area contributed by atoms with Gasteiger partial charge in [0.2, 0.25) is 5.69 Å². The van der Waals surface area contributed by atoms with E-state index in [1.807, 2.05) is 26.8 Å². The van der Waals surface area contributed by atoms with Crippen molar-refractivity contribution in [3.05, 3.63) is 64.6 Å². The van der Waals surface area contributed by atoms with Gasteiger partial charge < -0.3 is 0 Å². The molecular formula is C23H27FN+. The van der Waals surface area contributed by atoms with E-state index < -0.39 is 0 Å². The van der Waals surface area contributed by atoms with E-state index in [1.165, 1.54) is 16.3 Å². The van der Waals surface area contributed by atoms with Crippen molar-refractivity contribution in [2.75, 3.05) is 0 Å². The van der Waals surface area contributed by atoms with Gasteiger partial charge >= 0.3 is 0 Å². The summed E-state index contributed by atoms with van der Waals surface area (Å²) in [6.45, 7) is 10.2. The minimum absolute atomic E-state index is 0.0936. The van der Waals surface area contributed by atoms with Crippen molar-refractivity contribution in [3.63, 3.8) is 0 Å². The van der Waals surface area contributed by atoms with Crippen molar-refractivity contribution < 1.29 is 8.96 Å². The minimum Gasteiger partial charge on any atom is -0.206 e. The SMILES string of the molecule is Cc1cc(-c2cc3cc(CC(C)C)ccc3c[n+]2C)c(C)c(C)c1F. The first-order valence-corrected chi connectivity index (χ1v) is 8.97. The quantitative estimate of drug-likeness (QED) is 0.549. The zero-order chi connectivity index (χ0) is 18.3. The van der Waals surface area contributed by atoms with E-state index in [2.05, 4.69) is 55.9 Å². The molecule has 0 N–H and O–H groups in total. The van der Waals surface area contributed by atoms with E-state index in [-0.39, 0.29) is 5.82 Å². The molecular weight excluding hydrogens is 309 g/mol. The fourth-order valence-electron chi connectivity index (χ4n) is 3.58. The molecule has 0 amide bonds. The van der Waals surface area contributed by atoms with Crippen molar-refractivity contribution in [2.24, 2.45) is 13.0 Å². The molecule has 0 aliphatic carbocycles. The number of aromatic nitrogens is 1. The van der Waals surface area contributed by atoms with Gasteiger partial charge in [-0.25, -0.2) is 8.96 Å². The molecule has 25 heavy (non-hydrogen) atoms. The summed E-state index contributed by atoms with van der Waals surface area (Å²) in [6, 6.07) is 10.9. The molecule has 0 atom stereocenters. The summed E-state index contributed by atoms with van der Waals surface area (Å²) < 4.78 is 16.4. The Hall–Kier alpha value is -2.22. The lowest BCUT2D eigenvalue weighted by Gasteiger charge is -2.12. The smallest absolute Gasteiger partial charge is 0.206 e. The Morgan fingerprint density at radius 3 is 2.36 bits per heavy atom. The number of hydrogen-bond acceptors (Lipinski definition) is 0. The predicted molar refractivity (Wildman–Crippen MR) is 103 cm³/mol. The van der Waals surface area contributed by atoms with Crippen molar-refractivity contribution in [3.8, 4) is 11.3 Å². The van der Waals surface area contributed by atoms with Gasteiger partial charge in [0, 0.05) is 17.0 Å². The van der Waals surface area contributed by atoms with Crippen LogP contribution in [0.3, 0.4) is 0 Å². The van der Waals surface area contributed by atoms with Gasteiger partial charge in [-0.2, -0.15) is 0 Å². The van der Waals surface area contributed by atoms with Crippen molar-refractivity contribution in [2.45, 2.75) is 41.0 Å². The van der Waals surface area contributed by atoms with Crippen LogP contribution in [0.2, 0.25) is 0 Å². The van der Waals surface area contributed by atoms with Crippen LogP contribution in [0.1, 0.15) is 36.1 Å². The van der Waals surface area contributed by atoms with Gasteiger partial charge in [0.05, 0.1) is 0 Å². The van der Waals surface area contributed by atoms with Gasteiger partial charge in [-0.1, -0.05) is 26.0 Å². The number of pyridine rings is 1. The Kier molecular flexibility index (Phi) is 4.64. The first-order valence-electron chi connectivity index (χ1n) is 8.97. The number of nitrogens with zero attached hydrogens (tertiary/aromatic N) is 1. The Bertz CT molecular complexity index is 954. The monoisotopic (exact) mass is 336 g/mol. The fourth-order valence-corrected chi connectivity index (χ4v) is 3.58. The topological polar surface area (TPSA) is 3.88 Å².